The largest absolute Gasteiger partial charge is 0.313 e. The molecule has 1 heterocycles. The van der Waals surface area contributed by atoms with Crippen LogP contribution in [0.4, 0.5) is 4.39 Å². The molecular formula is C12H14ClFN4. The van der Waals surface area contributed by atoms with Crippen LogP contribution >= 0.6 is 11.6 Å². The third kappa shape index (κ3) is 2.68. The maximum absolute atomic E-state index is 13.4. The molecule has 6 heteroatoms. The number of nitrogens with one attached hydrogen (secondary N) is 1. The minimum atomic E-state index is -0.410. The van der Waals surface area contributed by atoms with Crippen molar-refractivity contribution in [2.75, 3.05) is 7.05 Å². The van der Waals surface area contributed by atoms with E-state index in [9.17, 15) is 4.39 Å². The molecule has 0 bridgehead atoms. The van der Waals surface area contributed by atoms with Gasteiger partial charge in [-0.25, -0.2) is 9.37 Å². The van der Waals surface area contributed by atoms with Gasteiger partial charge >= 0.3 is 0 Å². The van der Waals surface area contributed by atoms with E-state index in [-0.39, 0.29) is 11.1 Å². The monoisotopic (exact) mass is 268 g/mol. The van der Waals surface area contributed by atoms with Crippen molar-refractivity contribution in [3.63, 3.8) is 0 Å². The molecule has 1 unspecified atom stereocenters. The van der Waals surface area contributed by atoms with E-state index in [0.717, 1.165) is 11.4 Å². The Morgan fingerprint density at radius 2 is 2.28 bits per heavy atom. The fourth-order valence-corrected chi connectivity index (χ4v) is 1.92. The number of aryl methyl sites for hydroxylation is 1. The third-order valence-corrected chi connectivity index (χ3v) is 3.19. The van der Waals surface area contributed by atoms with E-state index in [1.54, 1.807) is 10.7 Å². The summed E-state index contributed by atoms with van der Waals surface area (Å²) in [6.45, 7) is 0. The molecule has 18 heavy (non-hydrogen) atoms. The first-order valence-electron chi connectivity index (χ1n) is 5.57. The van der Waals surface area contributed by atoms with Crippen LogP contribution in [0.25, 0.3) is 0 Å². The molecule has 0 aliphatic heterocycles. The smallest absolute Gasteiger partial charge is 0.142 e. The van der Waals surface area contributed by atoms with Crippen molar-refractivity contribution in [3.05, 3.63) is 46.8 Å². The normalized spacial score (nSPS) is 12.7. The second-order valence-electron chi connectivity index (χ2n) is 4.02. The summed E-state index contributed by atoms with van der Waals surface area (Å²) >= 11 is 5.67. The second kappa shape index (κ2) is 5.46. The molecule has 4 nitrogen and oxygen atoms in total. The molecule has 0 aliphatic carbocycles. The Morgan fingerprint density at radius 1 is 1.50 bits per heavy atom. The number of hydrogen-bond acceptors (Lipinski definition) is 3. The van der Waals surface area contributed by atoms with Crippen LogP contribution in [0.3, 0.4) is 0 Å². The summed E-state index contributed by atoms with van der Waals surface area (Å²) < 4.78 is 15.1. The molecule has 1 aromatic carbocycles. The molecule has 0 fully saturated rings. The lowest BCUT2D eigenvalue weighted by atomic mass is 10.0. The quantitative estimate of drug-likeness (QED) is 0.924. The Morgan fingerprint density at radius 3 is 2.83 bits per heavy atom. The van der Waals surface area contributed by atoms with Crippen LogP contribution in [-0.2, 0) is 13.5 Å². The molecule has 2 aromatic rings. The van der Waals surface area contributed by atoms with Crippen LogP contribution < -0.4 is 5.32 Å². The van der Waals surface area contributed by atoms with Gasteiger partial charge < -0.3 is 5.32 Å². The van der Waals surface area contributed by atoms with Gasteiger partial charge in [-0.1, -0.05) is 17.7 Å². The highest BCUT2D eigenvalue weighted by molar-refractivity contribution is 6.30. The van der Waals surface area contributed by atoms with Gasteiger partial charge in [-0.15, -0.1) is 0 Å². The maximum Gasteiger partial charge on any atom is 0.142 e. The molecule has 1 aromatic heterocycles. The minimum absolute atomic E-state index is 0.0281. The summed E-state index contributed by atoms with van der Waals surface area (Å²) in [7, 11) is 3.66. The first kappa shape index (κ1) is 13.0. The fourth-order valence-electron chi connectivity index (χ4n) is 1.80. The third-order valence-electron chi connectivity index (χ3n) is 2.89. The first-order chi connectivity index (χ1) is 8.61. The number of nitrogens with zero attached hydrogens (tertiary/aromatic N) is 3. The predicted molar refractivity (Wildman–Crippen MR) is 67.9 cm³/mol. The van der Waals surface area contributed by atoms with Crippen molar-refractivity contribution >= 4 is 11.6 Å². The summed E-state index contributed by atoms with van der Waals surface area (Å²) in [5, 5.41) is 7.28. The highest BCUT2D eigenvalue weighted by Gasteiger charge is 2.14. The van der Waals surface area contributed by atoms with Crippen molar-refractivity contribution in [1.82, 2.24) is 20.1 Å². The lowest BCUT2D eigenvalue weighted by Gasteiger charge is -2.16. The fraction of sp³-hybridized carbons (Fsp3) is 0.333. The van der Waals surface area contributed by atoms with Crippen LogP contribution in [0.5, 0.6) is 0 Å². The molecule has 0 spiro atoms. The number of rotatable bonds is 4. The lowest BCUT2D eigenvalue weighted by molar-refractivity contribution is 0.546. The number of benzene rings is 1. The van der Waals surface area contributed by atoms with E-state index in [4.69, 9.17) is 11.6 Å². The first-order valence-corrected chi connectivity index (χ1v) is 5.94. The topological polar surface area (TPSA) is 42.7 Å². The highest BCUT2D eigenvalue weighted by atomic mass is 35.5. The van der Waals surface area contributed by atoms with Crippen molar-refractivity contribution in [2.45, 2.75) is 12.5 Å². The predicted octanol–water partition coefficient (Wildman–Crippen LogP) is 2.11. The van der Waals surface area contributed by atoms with Crippen LogP contribution in [0.1, 0.15) is 17.4 Å². The van der Waals surface area contributed by atoms with Crippen LogP contribution in [0.2, 0.25) is 5.02 Å². The number of likely N-dealkylation sites (N-methyl/N-ethyl adjacent to an activating group) is 1. The molecule has 0 aliphatic rings. The molecule has 0 radical (unpaired) electrons. The lowest BCUT2D eigenvalue weighted by Crippen LogP contribution is -2.20. The van der Waals surface area contributed by atoms with Crippen LogP contribution in [0, 0.1) is 5.82 Å². The Labute approximate surface area is 110 Å². The van der Waals surface area contributed by atoms with Gasteiger partial charge in [0.25, 0.3) is 0 Å². The molecule has 0 saturated carbocycles. The van der Waals surface area contributed by atoms with Gasteiger partial charge in [0.15, 0.2) is 0 Å². The summed E-state index contributed by atoms with van der Waals surface area (Å²) in [5.41, 5.74) is 0.836. The molecule has 96 valence electrons. The van der Waals surface area contributed by atoms with E-state index in [1.807, 2.05) is 20.2 Å². The summed E-state index contributed by atoms with van der Waals surface area (Å²) in [5.74, 6) is 0.428. The molecule has 1 atom stereocenters. The van der Waals surface area contributed by atoms with Crippen molar-refractivity contribution < 1.29 is 4.39 Å². The summed E-state index contributed by atoms with van der Waals surface area (Å²) in [6.07, 6.45) is 2.14. The van der Waals surface area contributed by atoms with E-state index in [2.05, 4.69) is 15.4 Å². The zero-order valence-corrected chi connectivity index (χ0v) is 10.9. The van der Waals surface area contributed by atoms with Gasteiger partial charge in [0.2, 0.25) is 0 Å². The van der Waals surface area contributed by atoms with E-state index in [0.29, 0.717) is 6.42 Å². The Bertz CT molecular complexity index is 541. The van der Waals surface area contributed by atoms with Crippen LogP contribution in [0.15, 0.2) is 24.5 Å². The van der Waals surface area contributed by atoms with Crippen molar-refractivity contribution in [2.24, 2.45) is 7.05 Å². The Hall–Kier alpha value is -1.46. The number of halogens is 2. The Kier molecular flexibility index (Phi) is 3.93. The highest BCUT2D eigenvalue weighted by Crippen LogP contribution is 2.22. The zero-order chi connectivity index (χ0) is 13.1. The number of aromatic nitrogens is 3. The minimum Gasteiger partial charge on any atom is -0.313 e. The SMILES string of the molecule is CNC(Cc1ncnn1C)c1ccc(Cl)c(F)c1. The van der Waals surface area contributed by atoms with Crippen molar-refractivity contribution in [1.29, 1.82) is 0 Å². The van der Waals surface area contributed by atoms with Crippen molar-refractivity contribution in [3.8, 4) is 0 Å². The molecule has 1 N–H and O–H groups in total. The summed E-state index contributed by atoms with van der Waals surface area (Å²) in [4.78, 5) is 4.16. The van der Waals surface area contributed by atoms with Crippen LogP contribution in [-0.4, -0.2) is 21.8 Å². The average molecular weight is 269 g/mol. The zero-order valence-electron chi connectivity index (χ0n) is 10.2. The van der Waals surface area contributed by atoms with Gasteiger partial charge in [0, 0.05) is 19.5 Å². The average Bonchev–Trinajstić information content (AvgIpc) is 2.75. The maximum atomic E-state index is 13.4. The molecule has 2 rings (SSSR count). The standard InChI is InChI=1S/C12H14ClFN4/c1-15-11(6-12-16-7-17-18(12)2)8-3-4-9(13)10(14)5-8/h3-5,7,11,15H,6H2,1-2H3. The Balaban J connectivity index is 2.23. The second-order valence-corrected chi connectivity index (χ2v) is 4.43. The van der Waals surface area contributed by atoms with Gasteiger partial charge in [0.05, 0.1) is 5.02 Å². The summed E-state index contributed by atoms with van der Waals surface area (Å²) in [6, 6.07) is 4.79. The van der Waals surface area contributed by atoms with E-state index in [1.165, 1.54) is 12.4 Å². The van der Waals surface area contributed by atoms with Gasteiger partial charge in [-0.2, -0.15) is 5.10 Å². The van der Waals surface area contributed by atoms with Gasteiger partial charge in [-0.3, -0.25) is 4.68 Å². The molecule has 0 saturated heterocycles. The number of hydrogen-bond donors (Lipinski definition) is 1. The van der Waals surface area contributed by atoms with Gasteiger partial charge in [-0.05, 0) is 24.7 Å². The van der Waals surface area contributed by atoms with E-state index < -0.39 is 5.82 Å². The molecule has 0 amide bonds. The van der Waals surface area contributed by atoms with E-state index >= 15 is 0 Å². The van der Waals surface area contributed by atoms with Gasteiger partial charge in [0.1, 0.15) is 18.0 Å². The molecular weight excluding hydrogens is 255 g/mol.